The van der Waals surface area contributed by atoms with Crippen molar-refractivity contribution in [2.24, 2.45) is 5.73 Å². The molecular weight excluding hydrogens is 361 g/mol. The Balaban J connectivity index is 1.86. The molecule has 142 valence electrons. The van der Waals surface area contributed by atoms with E-state index < -0.39 is 17.8 Å². The second kappa shape index (κ2) is 7.72. The molecule has 3 rings (SSSR count). The van der Waals surface area contributed by atoms with Crippen LogP contribution in [0.15, 0.2) is 48.5 Å². The van der Waals surface area contributed by atoms with Gasteiger partial charge < -0.3 is 16.2 Å². The summed E-state index contributed by atoms with van der Waals surface area (Å²) in [6, 6.07) is 11.3. The zero-order valence-electron chi connectivity index (χ0n) is 14.1. The van der Waals surface area contributed by atoms with Crippen LogP contribution in [0.25, 0.3) is 11.4 Å². The molecule has 0 aliphatic carbocycles. The highest BCUT2D eigenvalue weighted by atomic mass is 19.4. The van der Waals surface area contributed by atoms with Crippen LogP contribution in [0.1, 0.15) is 11.6 Å². The molecule has 3 aromatic rings. The van der Waals surface area contributed by atoms with E-state index in [0.717, 1.165) is 12.1 Å². The Bertz CT molecular complexity index is 890. The van der Waals surface area contributed by atoms with Gasteiger partial charge in [0.2, 0.25) is 5.82 Å². The monoisotopic (exact) mass is 378 g/mol. The van der Waals surface area contributed by atoms with Crippen molar-refractivity contribution in [2.45, 2.75) is 12.2 Å². The smallest absolute Gasteiger partial charge is 0.394 e. The van der Waals surface area contributed by atoms with Crippen LogP contribution in [0, 0.1) is 0 Å². The van der Waals surface area contributed by atoms with Gasteiger partial charge >= 0.3 is 6.18 Å². The van der Waals surface area contributed by atoms with Gasteiger partial charge in [-0.1, -0.05) is 12.1 Å². The van der Waals surface area contributed by atoms with Crippen LogP contribution in [0.4, 0.5) is 24.5 Å². The van der Waals surface area contributed by atoms with Gasteiger partial charge in [-0.2, -0.15) is 18.0 Å². The van der Waals surface area contributed by atoms with Gasteiger partial charge in [-0.25, -0.2) is 0 Å². The predicted molar refractivity (Wildman–Crippen MR) is 93.2 cm³/mol. The van der Waals surface area contributed by atoms with Crippen LogP contribution in [0.5, 0.6) is 0 Å². The largest absolute Gasteiger partial charge is 0.416 e. The first-order valence-corrected chi connectivity index (χ1v) is 8.06. The molecule has 0 bridgehead atoms. The summed E-state index contributed by atoms with van der Waals surface area (Å²) >= 11 is 0. The number of benzene rings is 2. The number of nitrogens with zero attached hydrogens (tertiary/aromatic N) is 4. The molecule has 0 aliphatic heterocycles. The molecule has 0 amide bonds. The predicted octanol–water partition coefficient (Wildman–Crippen LogP) is 2.59. The lowest BCUT2D eigenvalue weighted by Gasteiger charge is -2.12. The van der Waals surface area contributed by atoms with Crippen molar-refractivity contribution in [3.63, 3.8) is 0 Å². The minimum atomic E-state index is -4.38. The Kier molecular flexibility index (Phi) is 5.38. The SMILES string of the molecule is NCC(CO)n1nnc(-c2ccccc2Nc2ccc(C(F)(F)F)cc2)n1. The van der Waals surface area contributed by atoms with Crippen molar-refractivity contribution in [1.82, 2.24) is 20.2 Å². The number of aliphatic hydroxyl groups is 1. The maximum absolute atomic E-state index is 12.7. The first-order valence-electron chi connectivity index (χ1n) is 8.06. The summed E-state index contributed by atoms with van der Waals surface area (Å²) in [5.41, 5.74) is 6.53. The topological polar surface area (TPSA) is 102 Å². The molecule has 0 spiro atoms. The van der Waals surface area contributed by atoms with Crippen molar-refractivity contribution < 1.29 is 18.3 Å². The quantitative estimate of drug-likeness (QED) is 0.609. The summed E-state index contributed by atoms with van der Waals surface area (Å²) in [5, 5.41) is 24.5. The van der Waals surface area contributed by atoms with E-state index in [9.17, 15) is 18.3 Å². The van der Waals surface area contributed by atoms with Crippen LogP contribution in [0.3, 0.4) is 0 Å². The van der Waals surface area contributed by atoms with Crippen LogP contribution >= 0.6 is 0 Å². The Hall–Kier alpha value is -2.98. The minimum Gasteiger partial charge on any atom is -0.394 e. The summed E-state index contributed by atoms with van der Waals surface area (Å²) in [6.45, 7) is -0.0739. The number of halogens is 3. The number of rotatable bonds is 6. The Morgan fingerprint density at radius 3 is 2.44 bits per heavy atom. The van der Waals surface area contributed by atoms with Crippen LogP contribution in [-0.4, -0.2) is 38.5 Å². The molecule has 0 fully saturated rings. The Morgan fingerprint density at radius 2 is 1.81 bits per heavy atom. The lowest BCUT2D eigenvalue weighted by Crippen LogP contribution is -2.24. The van der Waals surface area contributed by atoms with Gasteiger partial charge in [-0.15, -0.1) is 10.2 Å². The van der Waals surface area contributed by atoms with Crippen LogP contribution in [0.2, 0.25) is 0 Å². The number of hydrogen-bond acceptors (Lipinski definition) is 6. The number of aromatic nitrogens is 4. The molecule has 1 aromatic heterocycles. The fraction of sp³-hybridized carbons (Fsp3) is 0.235. The summed E-state index contributed by atoms with van der Waals surface area (Å²) < 4.78 is 38.1. The maximum Gasteiger partial charge on any atom is 0.416 e. The lowest BCUT2D eigenvalue weighted by molar-refractivity contribution is -0.137. The zero-order valence-corrected chi connectivity index (χ0v) is 14.1. The first-order chi connectivity index (χ1) is 12.9. The highest BCUT2D eigenvalue weighted by molar-refractivity contribution is 5.77. The van der Waals surface area contributed by atoms with Gasteiger partial charge in [0, 0.05) is 23.5 Å². The van der Waals surface area contributed by atoms with Gasteiger partial charge in [0.1, 0.15) is 6.04 Å². The minimum absolute atomic E-state index is 0.151. The molecule has 0 radical (unpaired) electrons. The summed E-state index contributed by atoms with van der Waals surface area (Å²) in [4.78, 5) is 1.24. The van der Waals surface area contributed by atoms with Gasteiger partial charge in [-0.3, -0.25) is 0 Å². The van der Waals surface area contributed by atoms with Gasteiger partial charge in [0.05, 0.1) is 12.2 Å². The van der Waals surface area contributed by atoms with Crippen molar-refractivity contribution in [2.75, 3.05) is 18.5 Å². The van der Waals surface area contributed by atoms with Crippen molar-refractivity contribution in [1.29, 1.82) is 0 Å². The highest BCUT2D eigenvalue weighted by Gasteiger charge is 2.30. The molecule has 0 saturated carbocycles. The molecule has 10 heteroatoms. The first kappa shape index (κ1) is 18.8. The van der Waals surface area contributed by atoms with E-state index in [1.165, 1.54) is 16.9 Å². The van der Waals surface area contributed by atoms with Crippen LogP contribution in [-0.2, 0) is 6.18 Å². The molecular formula is C17H17F3N6O. The zero-order chi connectivity index (χ0) is 19.4. The number of alkyl halides is 3. The van der Waals surface area contributed by atoms with Crippen LogP contribution < -0.4 is 11.1 Å². The number of nitrogens with two attached hydrogens (primary N) is 1. The molecule has 1 atom stereocenters. The van der Waals surface area contributed by atoms with E-state index in [1.54, 1.807) is 24.3 Å². The molecule has 0 aliphatic rings. The number of nitrogens with one attached hydrogen (secondary N) is 1. The third kappa shape index (κ3) is 4.23. The normalized spacial score (nSPS) is 12.8. The Labute approximate surface area is 152 Å². The highest BCUT2D eigenvalue weighted by Crippen LogP contribution is 2.32. The molecule has 1 unspecified atom stereocenters. The number of para-hydroxylation sites is 1. The van der Waals surface area contributed by atoms with E-state index in [0.29, 0.717) is 22.8 Å². The summed E-state index contributed by atoms with van der Waals surface area (Å²) in [6.07, 6.45) is -4.38. The average Bonchev–Trinajstić information content (AvgIpc) is 3.13. The number of aliphatic hydroxyl groups excluding tert-OH is 1. The fourth-order valence-electron chi connectivity index (χ4n) is 2.41. The number of tetrazole rings is 1. The molecule has 7 nitrogen and oxygen atoms in total. The van der Waals surface area contributed by atoms with Crippen molar-refractivity contribution in [3.05, 3.63) is 54.1 Å². The number of hydrogen-bond donors (Lipinski definition) is 3. The third-order valence-electron chi connectivity index (χ3n) is 3.90. The Morgan fingerprint density at radius 1 is 1.11 bits per heavy atom. The van der Waals surface area contributed by atoms with Crippen molar-refractivity contribution >= 4 is 11.4 Å². The molecule has 27 heavy (non-hydrogen) atoms. The third-order valence-corrected chi connectivity index (χ3v) is 3.90. The second-order valence-corrected chi connectivity index (χ2v) is 5.75. The standard InChI is InChI=1S/C17H17F3N6O/c18-17(19,20)11-5-7-12(8-6-11)22-15-4-2-1-3-14(15)16-23-25-26(24-16)13(9-21)10-27/h1-8,13,22,27H,9-10,21H2. The molecule has 2 aromatic carbocycles. The molecule has 4 N–H and O–H groups in total. The summed E-state index contributed by atoms with van der Waals surface area (Å²) in [7, 11) is 0. The van der Waals surface area contributed by atoms with Gasteiger partial charge in [0.15, 0.2) is 0 Å². The second-order valence-electron chi connectivity index (χ2n) is 5.75. The average molecular weight is 378 g/mol. The molecule has 0 saturated heterocycles. The summed E-state index contributed by atoms with van der Waals surface area (Å²) in [5.74, 6) is 0.303. The van der Waals surface area contributed by atoms with E-state index in [1.807, 2.05) is 0 Å². The van der Waals surface area contributed by atoms with E-state index in [2.05, 4.69) is 20.7 Å². The van der Waals surface area contributed by atoms with Gasteiger partial charge in [-0.05, 0) is 41.6 Å². The van der Waals surface area contributed by atoms with E-state index in [-0.39, 0.29) is 13.2 Å². The van der Waals surface area contributed by atoms with E-state index >= 15 is 0 Å². The van der Waals surface area contributed by atoms with Gasteiger partial charge in [0.25, 0.3) is 0 Å². The number of anilines is 2. The van der Waals surface area contributed by atoms with E-state index in [4.69, 9.17) is 5.73 Å². The lowest BCUT2D eigenvalue weighted by atomic mass is 10.1. The van der Waals surface area contributed by atoms with Crippen molar-refractivity contribution in [3.8, 4) is 11.4 Å². The fourth-order valence-corrected chi connectivity index (χ4v) is 2.41. The maximum atomic E-state index is 12.7. The molecule has 1 heterocycles.